The lowest BCUT2D eigenvalue weighted by Gasteiger charge is -2.13. The van der Waals surface area contributed by atoms with Crippen LogP contribution < -0.4 is 9.47 Å². The predicted molar refractivity (Wildman–Crippen MR) is 128 cm³/mol. The number of benzene rings is 2. The average Bonchev–Trinajstić information content (AvgIpc) is 3.38. The van der Waals surface area contributed by atoms with E-state index in [1.165, 1.54) is 0 Å². The van der Waals surface area contributed by atoms with Gasteiger partial charge in [0.05, 0.1) is 31.6 Å². The Morgan fingerprint density at radius 1 is 0.882 bits per heavy atom. The van der Waals surface area contributed by atoms with Crippen LogP contribution in [0.3, 0.4) is 0 Å². The summed E-state index contributed by atoms with van der Waals surface area (Å²) in [6.45, 7) is 1.54. The quantitative estimate of drug-likeness (QED) is 0.344. The lowest BCUT2D eigenvalue weighted by molar-refractivity contribution is 0.101. The summed E-state index contributed by atoms with van der Waals surface area (Å²) >= 11 is 0. The molecule has 5 aromatic rings. The molecule has 0 fully saturated rings. The van der Waals surface area contributed by atoms with Gasteiger partial charge in [-0.15, -0.1) is 0 Å². The smallest absolute Gasteiger partial charge is 0.251 e. The van der Waals surface area contributed by atoms with Crippen molar-refractivity contribution in [1.29, 1.82) is 0 Å². The molecular formula is C26H21N5O3. The van der Waals surface area contributed by atoms with Crippen LogP contribution in [0.2, 0.25) is 0 Å². The predicted octanol–water partition coefficient (Wildman–Crippen LogP) is 4.76. The molecule has 0 atom stereocenters. The molecule has 0 unspecified atom stereocenters. The van der Waals surface area contributed by atoms with E-state index in [-0.39, 0.29) is 5.78 Å². The zero-order chi connectivity index (χ0) is 23.7. The monoisotopic (exact) mass is 451 g/mol. The number of pyridine rings is 1. The SMILES string of the molecule is COc1cc2nc(-n3cc(-c4cccnc4)cn3)nc(-c3ccc(C(C)=O)cc3)c2cc1OC. The average molecular weight is 451 g/mol. The first kappa shape index (κ1) is 21.3. The summed E-state index contributed by atoms with van der Waals surface area (Å²) in [5, 5.41) is 5.27. The molecule has 0 spiro atoms. The maximum absolute atomic E-state index is 11.7. The molecule has 0 N–H and O–H groups in total. The molecule has 0 aliphatic heterocycles. The van der Waals surface area contributed by atoms with E-state index in [2.05, 4.69) is 10.1 Å². The molecule has 3 aromatic heterocycles. The zero-order valence-electron chi connectivity index (χ0n) is 18.9. The number of hydrogen-bond acceptors (Lipinski definition) is 7. The molecule has 0 radical (unpaired) electrons. The normalized spacial score (nSPS) is 10.9. The molecule has 0 bridgehead atoms. The Labute approximate surface area is 195 Å². The van der Waals surface area contributed by atoms with Gasteiger partial charge in [-0.25, -0.2) is 14.6 Å². The Hall–Kier alpha value is -4.59. The number of ketones is 1. The van der Waals surface area contributed by atoms with Crippen LogP contribution in [-0.4, -0.2) is 44.7 Å². The van der Waals surface area contributed by atoms with Crippen LogP contribution in [0.15, 0.2) is 73.3 Å². The second-order valence-electron chi connectivity index (χ2n) is 7.65. The maximum atomic E-state index is 11.7. The fourth-order valence-electron chi connectivity index (χ4n) is 3.74. The molecular weight excluding hydrogens is 430 g/mol. The number of carbonyl (C=O) groups excluding carboxylic acids is 1. The van der Waals surface area contributed by atoms with Crippen LogP contribution in [0.25, 0.3) is 39.2 Å². The standard InChI is InChI=1S/C26H21N5O3/c1-16(32)17-6-8-18(9-7-17)25-21-11-23(33-2)24(34-3)12-22(21)29-26(30-25)31-15-20(14-28-31)19-5-4-10-27-13-19/h4-15H,1-3H3. The number of fused-ring (bicyclic) bond motifs is 1. The van der Waals surface area contributed by atoms with Crippen molar-refractivity contribution in [1.82, 2.24) is 24.7 Å². The minimum Gasteiger partial charge on any atom is -0.493 e. The highest BCUT2D eigenvalue weighted by molar-refractivity contribution is 5.97. The third-order valence-electron chi connectivity index (χ3n) is 5.54. The highest BCUT2D eigenvalue weighted by Crippen LogP contribution is 2.36. The number of hydrogen-bond donors (Lipinski definition) is 0. The molecule has 0 saturated heterocycles. The van der Waals surface area contributed by atoms with Crippen LogP contribution in [-0.2, 0) is 0 Å². The van der Waals surface area contributed by atoms with E-state index in [0.717, 1.165) is 22.1 Å². The number of nitrogens with zero attached hydrogens (tertiary/aromatic N) is 5. The number of methoxy groups -OCH3 is 2. The van der Waals surface area contributed by atoms with E-state index in [1.54, 1.807) is 56.5 Å². The minimum absolute atomic E-state index is 0.00524. The van der Waals surface area contributed by atoms with Gasteiger partial charge in [-0.05, 0) is 19.1 Å². The molecule has 168 valence electrons. The first-order valence-corrected chi connectivity index (χ1v) is 10.6. The number of Topliss-reactive ketones (excluding diaryl/α,β-unsaturated/α-hetero) is 1. The Kier molecular flexibility index (Phi) is 5.47. The van der Waals surface area contributed by atoms with E-state index < -0.39 is 0 Å². The number of aromatic nitrogens is 5. The fraction of sp³-hybridized carbons (Fsp3) is 0.115. The Bertz CT molecular complexity index is 1490. The van der Waals surface area contributed by atoms with E-state index in [1.807, 2.05) is 42.6 Å². The van der Waals surface area contributed by atoms with Crippen molar-refractivity contribution in [3.05, 3.63) is 78.9 Å². The van der Waals surface area contributed by atoms with Crippen molar-refractivity contribution in [2.75, 3.05) is 14.2 Å². The topological polar surface area (TPSA) is 92.0 Å². The Morgan fingerprint density at radius 2 is 1.65 bits per heavy atom. The molecule has 34 heavy (non-hydrogen) atoms. The van der Waals surface area contributed by atoms with Gasteiger partial charge in [0.1, 0.15) is 0 Å². The third kappa shape index (κ3) is 3.86. The van der Waals surface area contributed by atoms with Gasteiger partial charge in [-0.1, -0.05) is 30.3 Å². The van der Waals surface area contributed by atoms with E-state index in [9.17, 15) is 4.79 Å². The first-order valence-electron chi connectivity index (χ1n) is 10.6. The van der Waals surface area contributed by atoms with Crippen molar-refractivity contribution in [3.8, 4) is 39.8 Å². The van der Waals surface area contributed by atoms with Crippen LogP contribution in [0.4, 0.5) is 0 Å². The molecule has 0 aliphatic carbocycles. The van der Waals surface area contributed by atoms with Gasteiger partial charge in [0.25, 0.3) is 5.95 Å². The van der Waals surface area contributed by atoms with Gasteiger partial charge >= 0.3 is 0 Å². The third-order valence-corrected chi connectivity index (χ3v) is 5.54. The highest BCUT2D eigenvalue weighted by atomic mass is 16.5. The molecule has 2 aromatic carbocycles. The van der Waals surface area contributed by atoms with Crippen LogP contribution in [0.5, 0.6) is 11.5 Å². The van der Waals surface area contributed by atoms with Crippen molar-refractivity contribution >= 4 is 16.7 Å². The summed E-state index contributed by atoms with van der Waals surface area (Å²) in [6.07, 6.45) is 7.12. The summed E-state index contributed by atoms with van der Waals surface area (Å²) in [6, 6.07) is 14.9. The maximum Gasteiger partial charge on any atom is 0.251 e. The molecule has 0 saturated carbocycles. The number of ether oxygens (including phenoxy) is 2. The lowest BCUT2D eigenvalue weighted by atomic mass is 10.0. The Balaban J connectivity index is 1.70. The van der Waals surface area contributed by atoms with E-state index in [0.29, 0.717) is 34.2 Å². The van der Waals surface area contributed by atoms with Crippen molar-refractivity contribution in [3.63, 3.8) is 0 Å². The largest absolute Gasteiger partial charge is 0.493 e. The van der Waals surface area contributed by atoms with Gasteiger partial charge in [-0.3, -0.25) is 9.78 Å². The molecule has 8 nitrogen and oxygen atoms in total. The van der Waals surface area contributed by atoms with Crippen molar-refractivity contribution < 1.29 is 14.3 Å². The van der Waals surface area contributed by atoms with Crippen molar-refractivity contribution in [2.24, 2.45) is 0 Å². The van der Waals surface area contributed by atoms with Gasteiger partial charge < -0.3 is 9.47 Å². The highest BCUT2D eigenvalue weighted by Gasteiger charge is 2.16. The summed E-state index contributed by atoms with van der Waals surface area (Å²) in [5.41, 5.74) is 4.68. The van der Waals surface area contributed by atoms with Gasteiger partial charge in [-0.2, -0.15) is 5.10 Å². The van der Waals surface area contributed by atoms with Crippen LogP contribution >= 0.6 is 0 Å². The summed E-state index contributed by atoms with van der Waals surface area (Å²) in [5.74, 6) is 1.55. The molecule has 5 rings (SSSR count). The van der Waals surface area contributed by atoms with Gasteiger partial charge in [0, 0.05) is 52.3 Å². The molecule has 0 amide bonds. The minimum atomic E-state index is 0.00524. The van der Waals surface area contributed by atoms with Gasteiger partial charge in [0.2, 0.25) is 0 Å². The van der Waals surface area contributed by atoms with E-state index in [4.69, 9.17) is 19.4 Å². The fourth-order valence-corrected chi connectivity index (χ4v) is 3.74. The van der Waals surface area contributed by atoms with Crippen molar-refractivity contribution in [2.45, 2.75) is 6.92 Å². The summed E-state index contributed by atoms with van der Waals surface area (Å²) in [7, 11) is 3.17. The lowest BCUT2D eigenvalue weighted by Crippen LogP contribution is -2.04. The van der Waals surface area contributed by atoms with Crippen LogP contribution in [0, 0.1) is 0 Å². The summed E-state index contributed by atoms with van der Waals surface area (Å²) < 4.78 is 12.6. The van der Waals surface area contributed by atoms with Crippen LogP contribution in [0.1, 0.15) is 17.3 Å². The molecule has 8 heteroatoms. The van der Waals surface area contributed by atoms with E-state index >= 15 is 0 Å². The summed E-state index contributed by atoms with van der Waals surface area (Å²) in [4.78, 5) is 25.5. The second-order valence-corrected chi connectivity index (χ2v) is 7.65. The number of rotatable bonds is 6. The Morgan fingerprint density at radius 3 is 2.32 bits per heavy atom. The van der Waals surface area contributed by atoms with Gasteiger partial charge in [0.15, 0.2) is 17.3 Å². The zero-order valence-corrected chi connectivity index (χ0v) is 18.9. The first-order chi connectivity index (χ1) is 16.6. The molecule has 3 heterocycles. The number of carbonyl (C=O) groups is 1. The molecule has 0 aliphatic rings. The second kappa shape index (κ2) is 8.74.